The van der Waals surface area contributed by atoms with Crippen molar-refractivity contribution in [2.45, 2.75) is 90.8 Å². The number of carbonyl (C=O) groups excluding carboxylic acids is 3. The summed E-state index contributed by atoms with van der Waals surface area (Å²) in [6, 6.07) is 21.9. The van der Waals surface area contributed by atoms with Gasteiger partial charge in [-0.2, -0.15) is 0 Å². The van der Waals surface area contributed by atoms with Crippen LogP contribution < -0.4 is 30.5 Å². The van der Waals surface area contributed by atoms with Crippen LogP contribution in [0.2, 0.25) is 0 Å². The van der Waals surface area contributed by atoms with Gasteiger partial charge in [0.1, 0.15) is 11.8 Å². The standard InChI is InChI=1S/C39H53N4O9P.Ca/c1-26(2)36(43-21-13-20-40-39(43)46)38(45)41-32(22-30-16-8-6-9-17-30)24-34(51-29(5)52-53(47,48)49)33(23-31-18-10-7-11-19-31)42-35(44)25-50-37-27(3)14-12-15-28(37)4;/h6-12,14-19,26,29,32-34,36H,13,20-25H2,1-5H3,(H,40,46)(H,41,45)(H,42,44)(H2,47,48,49);/q;+2/p-2/t29?,32-,33-,34-,36-;/m0./s1. The number of phosphoric ester groups is 1. The number of nitrogens with one attached hydrogen (secondary N) is 3. The molecule has 1 heterocycles. The fourth-order valence-corrected chi connectivity index (χ4v) is 7.11. The van der Waals surface area contributed by atoms with Gasteiger partial charge in [0, 0.05) is 19.1 Å². The number of nitrogens with zero attached hydrogens (tertiary/aromatic N) is 1. The maximum Gasteiger partial charge on any atom is 2.00 e. The van der Waals surface area contributed by atoms with Gasteiger partial charge in [0.2, 0.25) is 5.91 Å². The molecule has 0 spiro atoms. The van der Waals surface area contributed by atoms with Crippen molar-refractivity contribution in [3.63, 3.8) is 0 Å². The molecule has 1 aliphatic heterocycles. The molecule has 1 fully saturated rings. The van der Waals surface area contributed by atoms with Gasteiger partial charge in [-0.15, -0.1) is 0 Å². The number of benzene rings is 3. The molecule has 0 bridgehead atoms. The zero-order chi connectivity index (χ0) is 38.5. The molecule has 0 aromatic heterocycles. The predicted molar refractivity (Wildman–Crippen MR) is 202 cm³/mol. The monoisotopic (exact) mass is 790 g/mol. The number of ether oxygens (including phenoxy) is 2. The summed E-state index contributed by atoms with van der Waals surface area (Å²) < 4.78 is 28.5. The molecule has 288 valence electrons. The summed E-state index contributed by atoms with van der Waals surface area (Å²) in [5, 5.41) is 8.99. The van der Waals surface area contributed by atoms with Gasteiger partial charge in [-0.1, -0.05) is 92.7 Å². The van der Waals surface area contributed by atoms with E-state index in [1.54, 1.807) is 4.90 Å². The first-order valence-electron chi connectivity index (χ1n) is 18.0. The largest absolute Gasteiger partial charge is 2.00 e. The molecule has 1 unspecified atom stereocenters. The van der Waals surface area contributed by atoms with Crippen molar-refractivity contribution in [3.05, 3.63) is 101 Å². The van der Waals surface area contributed by atoms with E-state index >= 15 is 0 Å². The Morgan fingerprint density at radius 2 is 1.48 bits per heavy atom. The summed E-state index contributed by atoms with van der Waals surface area (Å²) in [5.74, 6) is -0.461. The van der Waals surface area contributed by atoms with E-state index in [0.717, 1.165) is 22.3 Å². The molecule has 3 aromatic rings. The third-order valence-electron chi connectivity index (χ3n) is 9.03. The Bertz CT molecular complexity index is 1680. The Balaban J connectivity index is 0.00000784. The molecule has 1 saturated heterocycles. The molecular formula is C39H51CaN4O9P. The normalized spacial score (nSPS) is 15.9. The van der Waals surface area contributed by atoms with Crippen molar-refractivity contribution >= 4 is 63.4 Å². The summed E-state index contributed by atoms with van der Waals surface area (Å²) in [6.07, 6.45) is -1.18. The third kappa shape index (κ3) is 14.6. The fraction of sp³-hybridized carbons (Fsp3) is 0.462. The average molecular weight is 791 g/mol. The van der Waals surface area contributed by atoms with Crippen LogP contribution in [0.15, 0.2) is 78.9 Å². The van der Waals surface area contributed by atoms with E-state index in [2.05, 4.69) is 16.0 Å². The van der Waals surface area contributed by atoms with Crippen LogP contribution in [0.4, 0.5) is 4.79 Å². The zero-order valence-corrected chi connectivity index (χ0v) is 34.8. The van der Waals surface area contributed by atoms with Crippen molar-refractivity contribution < 1.29 is 42.7 Å². The number of carbonyl (C=O) groups is 3. The Labute approximate surface area is 348 Å². The second-order valence-electron chi connectivity index (χ2n) is 13.8. The molecule has 5 atom stereocenters. The van der Waals surface area contributed by atoms with Crippen molar-refractivity contribution in [1.29, 1.82) is 0 Å². The van der Waals surface area contributed by atoms with E-state index in [1.807, 2.05) is 107 Å². The minimum Gasteiger partial charge on any atom is -0.790 e. The van der Waals surface area contributed by atoms with Gasteiger partial charge in [-0.05, 0) is 74.6 Å². The van der Waals surface area contributed by atoms with Crippen LogP contribution in [-0.2, 0) is 36.3 Å². The number of para-hydroxylation sites is 1. The maximum absolute atomic E-state index is 14.1. The summed E-state index contributed by atoms with van der Waals surface area (Å²) in [4.78, 5) is 65.4. The zero-order valence-electron chi connectivity index (χ0n) is 31.7. The summed E-state index contributed by atoms with van der Waals surface area (Å²) in [5.41, 5.74) is 3.47. The molecule has 1 aliphatic rings. The summed E-state index contributed by atoms with van der Waals surface area (Å²) >= 11 is 0. The van der Waals surface area contributed by atoms with Gasteiger partial charge in [0.05, 0.1) is 20.0 Å². The second kappa shape index (κ2) is 21.9. The first kappa shape index (κ1) is 45.4. The van der Waals surface area contributed by atoms with Crippen molar-refractivity contribution in [2.75, 3.05) is 19.7 Å². The van der Waals surface area contributed by atoms with Gasteiger partial charge in [-0.3, -0.25) is 9.59 Å². The number of hydrogen-bond donors (Lipinski definition) is 3. The van der Waals surface area contributed by atoms with E-state index in [9.17, 15) is 28.7 Å². The van der Waals surface area contributed by atoms with Gasteiger partial charge >= 0.3 is 43.8 Å². The van der Waals surface area contributed by atoms with Gasteiger partial charge in [-0.25, -0.2) is 4.79 Å². The number of hydrogen-bond acceptors (Lipinski definition) is 9. The summed E-state index contributed by atoms with van der Waals surface area (Å²) in [6.45, 7) is 9.44. The Morgan fingerprint density at radius 3 is 2.04 bits per heavy atom. The van der Waals surface area contributed by atoms with Crippen molar-refractivity contribution in [2.24, 2.45) is 5.92 Å². The van der Waals surface area contributed by atoms with Gasteiger partial charge in [0.15, 0.2) is 12.9 Å². The maximum atomic E-state index is 14.1. The summed E-state index contributed by atoms with van der Waals surface area (Å²) in [7, 11) is -5.46. The molecule has 13 nitrogen and oxygen atoms in total. The van der Waals surface area contributed by atoms with E-state index in [0.29, 0.717) is 31.7 Å². The Hall–Kier alpha value is -3.00. The minimum atomic E-state index is -5.46. The van der Waals surface area contributed by atoms with Gasteiger partial charge < -0.3 is 49.2 Å². The number of amides is 4. The van der Waals surface area contributed by atoms with Crippen LogP contribution in [0.3, 0.4) is 0 Å². The number of urea groups is 1. The van der Waals surface area contributed by atoms with Crippen molar-refractivity contribution in [1.82, 2.24) is 20.9 Å². The molecule has 0 aliphatic carbocycles. The van der Waals surface area contributed by atoms with Crippen LogP contribution >= 0.6 is 7.82 Å². The molecule has 0 saturated carbocycles. The Kier molecular flexibility index (Phi) is 18.4. The SMILES string of the molecule is Cc1cccc(C)c1OCC(=O)N[C@@H](Cc1ccccc1)[C@H](C[C@H](Cc1ccccc1)NC(=O)[C@H](C(C)C)N1CCCNC1=O)OC(C)OP(=O)([O-])[O-].[Ca+2]. The first-order chi connectivity index (χ1) is 25.2. The second-order valence-corrected chi connectivity index (χ2v) is 14.9. The molecule has 3 N–H and O–H groups in total. The van der Waals surface area contributed by atoms with E-state index in [1.165, 1.54) is 6.92 Å². The molecule has 4 rings (SSSR count). The molecule has 3 aromatic carbocycles. The average Bonchev–Trinajstić information content (AvgIpc) is 3.08. The van der Waals surface area contributed by atoms with E-state index in [-0.39, 0.29) is 75.0 Å². The van der Waals surface area contributed by atoms with Crippen LogP contribution in [0.25, 0.3) is 0 Å². The van der Waals surface area contributed by atoms with Crippen LogP contribution in [0.1, 0.15) is 55.9 Å². The molecular weight excluding hydrogens is 740 g/mol. The fourth-order valence-electron chi connectivity index (χ4n) is 6.70. The smallest absolute Gasteiger partial charge is 0.790 e. The van der Waals surface area contributed by atoms with Gasteiger partial charge in [0.25, 0.3) is 5.91 Å². The van der Waals surface area contributed by atoms with E-state index in [4.69, 9.17) is 14.0 Å². The first-order valence-corrected chi connectivity index (χ1v) is 19.4. The number of aryl methyl sites for hydroxylation is 2. The van der Waals surface area contributed by atoms with Crippen LogP contribution in [0, 0.1) is 19.8 Å². The van der Waals surface area contributed by atoms with Crippen LogP contribution in [-0.4, -0.2) is 111 Å². The number of rotatable bonds is 19. The third-order valence-corrected chi connectivity index (χ3v) is 9.59. The molecule has 54 heavy (non-hydrogen) atoms. The Morgan fingerprint density at radius 1 is 0.889 bits per heavy atom. The topological polar surface area (TPSA) is 181 Å². The van der Waals surface area contributed by atoms with E-state index < -0.39 is 44.2 Å². The minimum absolute atomic E-state index is 0. The molecule has 0 radical (unpaired) electrons. The molecule has 15 heteroatoms. The predicted octanol–water partition coefficient (Wildman–Crippen LogP) is 3.16. The number of phosphoric acid groups is 1. The quantitative estimate of drug-likeness (QED) is 0.0934. The van der Waals surface area contributed by atoms with Crippen LogP contribution in [0.5, 0.6) is 5.75 Å². The van der Waals surface area contributed by atoms with Crippen molar-refractivity contribution in [3.8, 4) is 5.75 Å². The molecule has 4 amide bonds.